The van der Waals surface area contributed by atoms with E-state index in [1.54, 1.807) is 19.5 Å². The molecule has 0 aromatic carbocycles. The zero-order valence-electron chi connectivity index (χ0n) is 20.9. The van der Waals surface area contributed by atoms with Gasteiger partial charge in [0, 0.05) is 76.1 Å². The molecule has 1 fully saturated rings. The summed E-state index contributed by atoms with van der Waals surface area (Å²) >= 11 is 3.53. The van der Waals surface area contributed by atoms with E-state index in [4.69, 9.17) is 9.83 Å². The van der Waals surface area contributed by atoms with Crippen LogP contribution in [0.15, 0.2) is 56.5 Å². The third-order valence-electron chi connectivity index (χ3n) is 5.49. The van der Waals surface area contributed by atoms with Crippen molar-refractivity contribution in [3.8, 4) is 0 Å². The topological polar surface area (TPSA) is 108 Å². The van der Waals surface area contributed by atoms with Gasteiger partial charge in [-0.05, 0) is 60.3 Å². The largest absolute Gasteiger partial charge is 0.384 e. The van der Waals surface area contributed by atoms with E-state index in [-0.39, 0.29) is 24.7 Å². The number of halogens is 1. The SMILES string of the molecule is CN=C/C(Br)=C(C)/N=C(\C=C(/C)NCc1cccnc1)C1CCCN(C(=O)CCC(=O)ONC)C1. The fourth-order valence-electron chi connectivity index (χ4n) is 3.69. The van der Waals surface area contributed by atoms with Crippen molar-refractivity contribution in [2.24, 2.45) is 15.9 Å². The Morgan fingerprint density at radius 2 is 2.14 bits per heavy atom. The molecule has 0 aliphatic carbocycles. The van der Waals surface area contributed by atoms with Crippen LogP contribution in [0, 0.1) is 5.92 Å². The summed E-state index contributed by atoms with van der Waals surface area (Å²) in [6.45, 7) is 5.82. The van der Waals surface area contributed by atoms with Crippen molar-refractivity contribution in [3.05, 3.63) is 52.0 Å². The van der Waals surface area contributed by atoms with Crippen LogP contribution in [0.3, 0.4) is 0 Å². The monoisotopic (exact) mass is 546 g/mol. The molecule has 1 atom stereocenters. The fourth-order valence-corrected chi connectivity index (χ4v) is 3.98. The minimum absolute atomic E-state index is 0.0458. The van der Waals surface area contributed by atoms with Crippen LogP contribution in [0.4, 0.5) is 0 Å². The maximum absolute atomic E-state index is 12.8. The second-order valence-electron chi connectivity index (χ2n) is 8.26. The highest BCUT2D eigenvalue weighted by molar-refractivity contribution is 9.12. The number of hydroxylamine groups is 1. The van der Waals surface area contributed by atoms with Crippen molar-refractivity contribution in [3.63, 3.8) is 0 Å². The van der Waals surface area contributed by atoms with Gasteiger partial charge in [0.25, 0.3) is 0 Å². The molecule has 35 heavy (non-hydrogen) atoms. The van der Waals surface area contributed by atoms with E-state index < -0.39 is 5.97 Å². The van der Waals surface area contributed by atoms with E-state index in [0.29, 0.717) is 19.6 Å². The number of rotatable bonds is 11. The summed E-state index contributed by atoms with van der Waals surface area (Å²) in [6, 6.07) is 3.93. The zero-order valence-corrected chi connectivity index (χ0v) is 22.5. The van der Waals surface area contributed by atoms with Crippen molar-refractivity contribution in [1.82, 2.24) is 20.7 Å². The van der Waals surface area contributed by atoms with Crippen LogP contribution in [0.5, 0.6) is 0 Å². The lowest BCUT2D eigenvalue weighted by atomic mass is 9.92. The van der Waals surface area contributed by atoms with E-state index in [1.165, 1.54) is 7.05 Å². The second-order valence-corrected chi connectivity index (χ2v) is 9.11. The second kappa shape index (κ2) is 15.2. The summed E-state index contributed by atoms with van der Waals surface area (Å²) in [5.74, 6) is -0.428. The Bertz CT molecular complexity index is 975. The number of hydrogen-bond donors (Lipinski definition) is 2. The van der Waals surface area contributed by atoms with Crippen LogP contribution in [-0.4, -0.2) is 60.9 Å². The van der Waals surface area contributed by atoms with Crippen LogP contribution >= 0.6 is 15.9 Å². The van der Waals surface area contributed by atoms with Gasteiger partial charge in [0.2, 0.25) is 5.91 Å². The minimum atomic E-state index is -0.446. The van der Waals surface area contributed by atoms with Gasteiger partial charge < -0.3 is 15.1 Å². The molecule has 1 aromatic rings. The van der Waals surface area contributed by atoms with Gasteiger partial charge in [-0.3, -0.25) is 24.6 Å². The number of pyridine rings is 1. The number of nitrogens with zero attached hydrogens (tertiary/aromatic N) is 4. The number of allylic oxidation sites excluding steroid dienone is 4. The normalized spacial score (nSPS) is 17.9. The summed E-state index contributed by atoms with van der Waals surface area (Å²) in [4.78, 5) is 44.0. The fraction of sp³-hybridized carbons (Fsp3) is 0.480. The molecule has 1 unspecified atom stereocenters. The maximum Gasteiger partial charge on any atom is 0.325 e. The molecule has 190 valence electrons. The summed E-state index contributed by atoms with van der Waals surface area (Å²) in [5, 5.41) is 3.42. The molecule has 2 N–H and O–H groups in total. The van der Waals surface area contributed by atoms with Gasteiger partial charge >= 0.3 is 5.97 Å². The molecule has 1 amide bonds. The van der Waals surface area contributed by atoms with E-state index in [2.05, 4.69) is 36.7 Å². The van der Waals surface area contributed by atoms with Crippen LogP contribution in [0.25, 0.3) is 0 Å². The highest BCUT2D eigenvalue weighted by Crippen LogP contribution is 2.22. The first kappa shape index (κ1) is 28.4. The number of piperidine rings is 1. The molecule has 1 aliphatic rings. The molecule has 10 heteroatoms. The molecule has 2 rings (SSSR count). The van der Waals surface area contributed by atoms with Crippen LogP contribution in [0.2, 0.25) is 0 Å². The molecule has 2 heterocycles. The van der Waals surface area contributed by atoms with E-state index in [9.17, 15) is 9.59 Å². The standard InChI is InChI=1S/C25H35BrN6O3/c1-18(30-15-20-7-5-11-29-14-20)13-23(31-19(2)22(26)16-27-3)21-8-6-12-32(17-21)24(33)9-10-25(34)35-28-4/h5,7,11,13-14,16,21,28,30H,6,8-10,12,15,17H2,1-4H3/b18-13+,22-19-,27-16?,31-23+. The average molecular weight is 547 g/mol. The predicted molar refractivity (Wildman–Crippen MR) is 142 cm³/mol. The number of hydrogen-bond acceptors (Lipinski definition) is 8. The molecule has 1 aliphatic heterocycles. The van der Waals surface area contributed by atoms with Gasteiger partial charge in [-0.2, -0.15) is 5.48 Å². The van der Waals surface area contributed by atoms with Gasteiger partial charge in [0.1, 0.15) is 0 Å². The molecule has 1 aromatic heterocycles. The third-order valence-corrected chi connectivity index (χ3v) is 6.27. The molecule has 0 saturated carbocycles. The Balaban J connectivity index is 2.19. The summed E-state index contributed by atoms with van der Waals surface area (Å²) in [7, 11) is 3.22. The van der Waals surface area contributed by atoms with Crippen molar-refractivity contribution >= 4 is 39.7 Å². The van der Waals surface area contributed by atoms with Crippen molar-refractivity contribution in [2.45, 2.75) is 46.1 Å². The van der Waals surface area contributed by atoms with Crippen molar-refractivity contribution in [2.75, 3.05) is 27.2 Å². The van der Waals surface area contributed by atoms with Crippen LogP contribution in [-0.2, 0) is 21.0 Å². The minimum Gasteiger partial charge on any atom is -0.384 e. The average Bonchev–Trinajstić information content (AvgIpc) is 2.86. The Kier molecular flexibility index (Phi) is 12.3. The van der Waals surface area contributed by atoms with E-state index >= 15 is 0 Å². The number of amides is 1. The molecule has 0 radical (unpaired) electrons. The number of likely N-dealkylation sites (tertiary alicyclic amines) is 1. The van der Waals surface area contributed by atoms with Gasteiger partial charge in [-0.25, -0.2) is 0 Å². The quantitative estimate of drug-likeness (QED) is 0.324. The number of aliphatic imine (C=N–C) groups is 2. The van der Waals surface area contributed by atoms with Crippen LogP contribution in [0.1, 0.15) is 45.1 Å². The predicted octanol–water partition coefficient (Wildman–Crippen LogP) is 3.54. The van der Waals surface area contributed by atoms with Gasteiger partial charge in [-0.1, -0.05) is 6.07 Å². The summed E-state index contributed by atoms with van der Waals surface area (Å²) in [5.41, 5.74) is 6.10. The molecule has 0 spiro atoms. The molecule has 1 saturated heterocycles. The number of nitrogens with one attached hydrogen (secondary N) is 2. The molecular formula is C25H35BrN6O3. The maximum atomic E-state index is 12.8. The van der Waals surface area contributed by atoms with Gasteiger partial charge in [-0.15, -0.1) is 0 Å². The van der Waals surface area contributed by atoms with Gasteiger partial charge in [0.05, 0.1) is 16.6 Å². The highest BCUT2D eigenvalue weighted by atomic mass is 79.9. The zero-order chi connectivity index (χ0) is 25.6. The number of carbonyl (C=O) groups excluding carboxylic acids is 2. The lowest BCUT2D eigenvalue weighted by Gasteiger charge is -2.33. The molecular weight excluding hydrogens is 512 g/mol. The van der Waals surface area contributed by atoms with Crippen molar-refractivity contribution < 1.29 is 14.4 Å². The summed E-state index contributed by atoms with van der Waals surface area (Å²) in [6.07, 6.45) is 9.31. The van der Waals surface area contributed by atoms with Crippen LogP contribution < -0.4 is 10.8 Å². The Morgan fingerprint density at radius 3 is 2.83 bits per heavy atom. The Morgan fingerprint density at radius 1 is 1.34 bits per heavy atom. The lowest BCUT2D eigenvalue weighted by Crippen LogP contribution is -2.42. The first-order valence-electron chi connectivity index (χ1n) is 11.7. The summed E-state index contributed by atoms with van der Waals surface area (Å²) < 4.78 is 0.804. The third kappa shape index (κ3) is 10.1. The highest BCUT2D eigenvalue weighted by Gasteiger charge is 2.27. The van der Waals surface area contributed by atoms with E-state index in [0.717, 1.165) is 40.0 Å². The molecule has 9 nitrogen and oxygen atoms in total. The van der Waals surface area contributed by atoms with E-state index in [1.807, 2.05) is 43.2 Å². The first-order valence-corrected chi connectivity index (χ1v) is 12.5. The molecule has 0 bridgehead atoms. The van der Waals surface area contributed by atoms with Gasteiger partial charge in [0.15, 0.2) is 0 Å². The number of aromatic nitrogens is 1. The Hall–Kier alpha value is -2.85. The van der Waals surface area contributed by atoms with Crippen molar-refractivity contribution in [1.29, 1.82) is 0 Å². The smallest absolute Gasteiger partial charge is 0.325 e. The first-order chi connectivity index (χ1) is 16.8. The number of carbonyl (C=O) groups is 2. The Labute approximate surface area is 215 Å². The lowest BCUT2D eigenvalue weighted by molar-refractivity contribution is -0.151.